The first-order valence-corrected chi connectivity index (χ1v) is 6.18. The fraction of sp³-hybridized carbons (Fsp3) is 0.571. The van der Waals surface area contributed by atoms with E-state index in [9.17, 15) is 0 Å². The van der Waals surface area contributed by atoms with Crippen LogP contribution in [0.15, 0.2) is 18.2 Å². The van der Waals surface area contributed by atoms with Crippen LogP contribution in [0.2, 0.25) is 0 Å². The quantitative estimate of drug-likeness (QED) is 0.780. The van der Waals surface area contributed by atoms with E-state index in [1.807, 2.05) is 25.1 Å². The van der Waals surface area contributed by atoms with Crippen molar-refractivity contribution in [1.29, 1.82) is 0 Å². The maximum absolute atomic E-state index is 9.01. The molecule has 0 aliphatic carbocycles. The summed E-state index contributed by atoms with van der Waals surface area (Å²) in [6.45, 7) is 5.05. The molecule has 0 aliphatic rings. The van der Waals surface area contributed by atoms with Crippen LogP contribution in [0.4, 0.5) is 0 Å². The van der Waals surface area contributed by atoms with Gasteiger partial charge in [-0.1, -0.05) is 13.0 Å². The maximum atomic E-state index is 9.01. The Kier molecular flexibility index (Phi) is 5.95. The first-order chi connectivity index (χ1) is 8.62. The number of nitrogens with one attached hydrogen (secondary N) is 1. The summed E-state index contributed by atoms with van der Waals surface area (Å²) in [7, 11) is 3.29. The third-order valence-corrected chi connectivity index (χ3v) is 2.99. The van der Waals surface area contributed by atoms with Gasteiger partial charge in [0.15, 0.2) is 0 Å². The highest BCUT2D eigenvalue weighted by atomic mass is 16.5. The Balaban J connectivity index is 2.75. The predicted molar refractivity (Wildman–Crippen MR) is 72.2 cm³/mol. The molecule has 0 fully saturated rings. The fourth-order valence-electron chi connectivity index (χ4n) is 1.73. The van der Waals surface area contributed by atoms with Gasteiger partial charge in [0.25, 0.3) is 0 Å². The third-order valence-electron chi connectivity index (χ3n) is 2.99. The molecule has 0 spiro atoms. The largest absolute Gasteiger partial charge is 0.497 e. The van der Waals surface area contributed by atoms with E-state index in [-0.39, 0.29) is 18.6 Å². The van der Waals surface area contributed by atoms with Crippen molar-refractivity contribution in [3.05, 3.63) is 23.8 Å². The van der Waals surface area contributed by atoms with Gasteiger partial charge < -0.3 is 19.9 Å². The Labute approximate surface area is 109 Å². The smallest absolute Gasteiger partial charge is 0.127 e. The number of aliphatic hydroxyl groups is 1. The Morgan fingerprint density at radius 3 is 2.50 bits per heavy atom. The average Bonchev–Trinajstić information content (AvgIpc) is 2.43. The molecule has 0 saturated carbocycles. The topological polar surface area (TPSA) is 50.7 Å². The molecule has 1 aromatic carbocycles. The summed E-state index contributed by atoms with van der Waals surface area (Å²) < 4.78 is 10.5. The van der Waals surface area contributed by atoms with Crippen LogP contribution < -0.4 is 14.8 Å². The van der Waals surface area contributed by atoms with Gasteiger partial charge in [-0.15, -0.1) is 0 Å². The van der Waals surface area contributed by atoms with E-state index >= 15 is 0 Å². The molecule has 1 aromatic rings. The molecule has 4 nitrogen and oxygen atoms in total. The summed E-state index contributed by atoms with van der Waals surface area (Å²) in [4.78, 5) is 0. The van der Waals surface area contributed by atoms with Crippen LogP contribution in [0.3, 0.4) is 0 Å². The molecule has 2 unspecified atom stereocenters. The van der Waals surface area contributed by atoms with Crippen LogP contribution in [0, 0.1) is 5.92 Å². The average molecular weight is 253 g/mol. The zero-order valence-electron chi connectivity index (χ0n) is 11.6. The monoisotopic (exact) mass is 253 g/mol. The number of ether oxygens (including phenoxy) is 2. The van der Waals surface area contributed by atoms with Crippen molar-refractivity contribution in [2.24, 2.45) is 5.92 Å². The van der Waals surface area contributed by atoms with Gasteiger partial charge in [-0.3, -0.25) is 0 Å². The summed E-state index contributed by atoms with van der Waals surface area (Å²) in [5, 5.41) is 12.4. The summed E-state index contributed by atoms with van der Waals surface area (Å²) >= 11 is 0. The first kappa shape index (κ1) is 14.8. The van der Waals surface area contributed by atoms with Crippen LogP contribution in [0.5, 0.6) is 11.5 Å². The maximum Gasteiger partial charge on any atom is 0.127 e. The van der Waals surface area contributed by atoms with E-state index in [0.717, 1.165) is 23.6 Å². The molecule has 0 bridgehead atoms. The molecule has 4 heteroatoms. The predicted octanol–water partition coefficient (Wildman–Crippen LogP) is 1.98. The number of hydrogen-bond donors (Lipinski definition) is 2. The highest BCUT2D eigenvalue weighted by Crippen LogP contribution is 2.29. The molecule has 0 aliphatic heterocycles. The number of benzene rings is 1. The SMILES string of the molecule is COc1ccc(C(C)NCC(C)CO)c(OC)c1. The van der Waals surface area contributed by atoms with Crippen molar-refractivity contribution in [3.63, 3.8) is 0 Å². The molecule has 2 N–H and O–H groups in total. The molecule has 0 radical (unpaired) electrons. The van der Waals surface area contributed by atoms with E-state index < -0.39 is 0 Å². The van der Waals surface area contributed by atoms with Gasteiger partial charge in [0.1, 0.15) is 11.5 Å². The summed E-state index contributed by atoms with van der Waals surface area (Å²) in [5.41, 5.74) is 1.09. The lowest BCUT2D eigenvalue weighted by Crippen LogP contribution is -2.26. The minimum atomic E-state index is 0.167. The fourth-order valence-corrected chi connectivity index (χ4v) is 1.73. The van der Waals surface area contributed by atoms with Crippen molar-refractivity contribution < 1.29 is 14.6 Å². The van der Waals surface area contributed by atoms with E-state index in [1.165, 1.54) is 0 Å². The highest BCUT2D eigenvalue weighted by Gasteiger charge is 2.12. The van der Waals surface area contributed by atoms with Crippen LogP contribution in [0.25, 0.3) is 0 Å². The molecule has 2 atom stereocenters. The molecule has 0 saturated heterocycles. The second-order valence-electron chi connectivity index (χ2n) is 4.53. The summed E-state index contributed by atoms with van der Waals surface area (Å²) in [5.74, 6) is 1.84. The van der Waals surface area contributed by atoms with Gasteiger partial charge in [-0.2, -0.15) is 0 Å². The minimum Gasteiger partial charge on any atom is -0.497 e. The molecular weight excluding hydrogens is 230 g/mol. The van der Waals surface area contributed by atoms with E-state index in [2.05, 4.69) is 12.2 Å². The first-order valence-electron chi connectivity index (χ1n) is 6.18. The van der Waals surface area contributed by atoms with E-state index in [0.29, 0.717) is 0 Å². The van der Waals surface area contributed by atoms with Crippen LogP contribution in [-0.2, 0) is 0 Å². The zero-order valence-corrected chi connectivity index (χ0v) is 11.6. The van der Waals surface area contributed by atoms with Crippen molar-refractivity contribution in [3.8, 4) is 11.5 Å². The van der Waals surface area contributed by atoms with Crippen LogP contribution in [-0.4, -0.2) is 32.5 Å². The Morgan fingerprint density at radius 1 is 1.22 bits per heavy atom. The molecule has 0 heterocycles. The van der Waals surface area contributed by atoms with Crippen molar-refractivity contribution >= 4 is 0 Å². The van der Waals surface area contributed by atoms with Gasteiger partial charge >= 0.3 is 0 Å². The van der Waals surface area contributed by atoms with Crippen LogP contribution >= 0.6 is 0 Å². The molecular formula is C14H23NO3. The Bertz CT molecular complexity index is 368. The van der Waals surface area contributed by atoms with Gasteiger partial charge in [0.05, 0.1) is 14.2 Å². The lowest BCUT2D eigenvalue weighted by molar-refractivity contribution is 0.230. The molecule has 0 amide bonds. The van der Waals surface area contributed by atoms with Gasteiger partial charge in [0, 0.05) is 30.8 Å². The Morgan fingerprint density at radius 2 is 1.94 bits per heavy atom. The van der Waals surface area contributed by atoms with Crippen molar-refractivity contribution in [2.45, 2.75) is 19.9 Å². The standard InChI is InChI=1S/C14H23NO3/c1-10(9-16)8-15-11(2)13-6-5-12(17-3)7-14(13)18-4/h5-7,10-11,15-16H,8-9H2,1-4H3. The van der Waals surface area contributed by atoms with E-state index in [4.69, 9.17) is 14.6 Å². The number of hydrogen-bond acceptors (Lipinski definition) is 4. The normalized spacial score (nSPS) is 14.1. The van der Waals surface area contributed by atoms with E-state index in [1.54, 1.807) is 14.2 Å². The van der Waals surface area contributed by atoms with Crippen molar-refractivity contribution in [2.75, 3.05) is 27.4 Å². The van der Waals surface area contributed by atoms with Crippen molar-refractivity contribution in [1.82, 2.24) is 5.32 Å². The zero-order chi connectivity index (χ0) is 13.5. The molecule has 102 valence electrons. The lowest BCUT2D eigenvalue weighted by Gasteiger charge is -2.19. The molecule has 18 heavy (non-hydrogen) atoms. The summed E-state index contributed by atoms with van der Waals surface area (Å²) in [6.07, 6.45) is 0. The lowest BCUT2D eigenvalue weighted by atomic mass is 10.1. The Hall–Kier alpha value is -1.26. The number of methoxy groups -OCH3 is 2. The van der Waals surface area contributed by atoms with Gasteiger partial charge in [-0.25, -0.2) is 0 Å². The summed E-state index contributed by atoms with van der Waals surface area (Å²) in [6, 6.07) is 5.97. The number of aliphatic hydroxyl groups excluding tert-OH is 1. The van der Waals surface area contributed by atoms with Crippen LogP contribution in [0.1, 0.15) is 25.5 Å². The minimum absolute atomic E-state index is 0.167. The highest BCUT2D eigenvalue weighted by molar-refractivity contribution is 5.42. The molecule has 1 rings (SSSR count). The van der Waals surface area contributed by atoms with Gasteiger partial charge in [-0.05, 0) is 18.9 Å². The number of rotatable bonds is 7. The van der Waals surface area contributed by atoms with Gasteiger partial charge in [0.2, 0.25) is 0 Å². The third kappa shape index (κ3) is 3.89. The second kappa shape index (κ2) is 7.24. The second-order valence-corrected chi connectivity index (χ2v) is 4.53. The molecule has 0 aromatic heterocycles.